The summed E-state index contributed by atoms with van der Waals surface area (Å²) in [4.78, 5) is 6.73. The summed E-state index contributed by atoms with van der Waals surface area (Å²) in [5.41, 5.74) is 0. The summed E-state index contributed by atoms with van der Waals surface area (Å²) in [6.45, 7) is 4.53. The second kappa shape index (κ2) is 6.17. The van der Waals surface area contributed by atoms with E-state index in [0.29, 0.717) is 0 Å². The SMILES string of the molecule is CN(CCC1CCCNC1)Cc1nccn1C. The maximum absolute atomic E-state index is 4.36. The first kappa shape index (κ1) is 12.6. The zero-order valence-electron chi connectivity index (χ0n) is 11.0. The number of hydrogen-bond acceptors (Lipinski definition) is 3. The third-order valence-corrected chi connectivity index (χ3v) is 3.65. The third kappa shape index (κ3) is 3.82. The van der Waals surface area contributed by atoms with Crippen molar-refractivity contribution in [2.24, 2.45) is 13.0 Å². The molecule has 96 valence electrons. The van der Waals surface area contributed by atoms with Crippen LogP contribution in [0, 0.1) is 5.92 Å². The maximum Gasteiger partial charge on any atom is 0.122 e. The Labute approximate surface area is 104 Å². The van der Waals surface area contributed by atoms with Gasteiger partial charge in [-0.3, -0.25) is 4.90 Å². The van der Waals surface area contributed by atoms with Gasteiger partial charge >= 0.3 is 0 Å². The van der Waals surface area contributed by atoms with Crippen LogP contribution < -0.4 is 5.32 Å². The van der Waals surface area contributed by atoms with Crippen LogP contribution in [-0.4, -0.2) is 41.1 Å². The minimum absolute atomic E-state index is 0.868. The van der Waals surface area contributed by atoms with Crippen LogP contribution >= 0.6 is 0 Å². The van der Waals surface area contributed by atoms with Gasteiger partial charge in [0.05, 0.1) is 6.54 Å². The van der Waals surface area contributed by atoms with E-state index in [2.05, 4.69) is 33.9 Å². The Morgan fingerprint density at radius 2 is 2.47 bits per heavy atom. The minimum Gasteiger partial charge on any atom is -0.337 e. The molecule has 0 spiro atoms. The van der Waals surface area contributed by atoms with Crippen molar-refractivity contribution < 1.29 is 0 Å². The Balaban J connectivity index is 1.70. The van der Waals surface area contributed by atoms with Gasteiger partial charge in [0, 0.05) is 19.4 Å². The van der Waals surface area contributed by atoms with Crippen molar-refractivity contribution in [3.63, 3.8) is 0 Å². The Kier molecular flexibility index (Phi) is 4.57. The molecule has 1 atom stereocenters. The number of piperidine rings is 1. The molecule has 1 aromatic rings. The van der Waals surface area contributed by atoms with Crippen LogP contribution in [0.4, 0.5) is 0 Å². The number of rotatable bonds is 5. The van der Waals surface area contributed by atoms with E-state index >= 15 is 0 Å². The molecule has 1 unspecified atom stereocenters. The van der Waals surface area contributed by atoms with Gasteiger partial charge < -0.3 is 9.88 Å². The molecule has 0 amide bonds. The predicted molar refractivity (Wildman–Crippen MR) is 69.8 cm³/mol. The first-order valence-corrected chi connectivity index (χ1v) is 6.61. The maximum atomic E-state index is 4.36. The van der Waals surface area contributed by atoms with Crippen LogP contribution in [-0.2, 0) is 13.6 Å². The molecule has 1 aliphatic rings. The fraction of sp³-hybridized carbons (Fsp3) is 0.769. The van der Waals surface area contributed by atoms with Crippen molar-refractivity contribution in [1.29, 1.82) is 0 Å². The standard InChI is InChI=1S/C13H24N4/c1-16(11-13-15-7-9-17(13)2)8-5-12-4-3-6-14-10-12/h7,9,12,14H,3-6,8,10-11H2,1-2H3. The van der Waals surface area contributed by atoms with Crippen LogP contribution in [0.25, 0.3) is 0 Å². The van der Waals surface area contributed by atoms with Gasteiger partial charge in [0.1, 0.15) is 5.82 Å². The topological polar surface area (TPSA) is 33.1 Å². The summed E-state index contributed by atoms with van der Waals surface area (Å²) < 4.78 is 2.10. The normalized spacial score (nSPS) is 21.0. The molecule has 0 saturated carbocycles. The van der Waals surface area contributed by atoms with Crippen LogP contribution in [0.3, 0.4) is 0 Å². The van der Waals surface area contributed by atoms with Crippen LogP contribution in [0.5, 0.6) is 0 Å². The molecule has 17 heavy (non-hydrogen) atoms. The van der Waals surface area contributed by atoms with Gasteiger partial charge in [0.2, 0.25) is 0 Å². The molecule has 0 bridgehead atoms. The van der Waals surface area contributed by atoms with Crippen LogP contribution in [0.2, 0.25) is 0 Å². The number of nitrogens with one attached hydrogen (secondary N) is 1. The van der Waals surface area contributed by atoms with Gasteiger partial charge in [-0.2, -0.15) is 0 Å². The van der Waals surface area contributed by atoms with Crippen molar-refractivity contribution in [2.75, 3.05) is 26.7 Å². The summed E-state index contributed by atoms with van der Waals surface area (Å²) in [5, 5.41) is 3.48. The first-order valence-electron chi connectivity index (χ1n) is 6.61. The molecule has 1 fully saturated rings. The molecule has 2 rings (SSSR count). The summed E-state index contributed by atoms with van der Waals surface area (Å²) >= 11 is 0. The van der Waals surface area contributed by atoms with Crippen molar-refractivity contribution in [3.05, 3.63) is 18.2 Å². The molecule has 1 N–H and O–H groups in total. The lowest BCUT2D eigenvalue weighted by Crippen LogP contribution is -2.32. The smallest absolute Gasteiger partial charge is 0.122 e. The molecule has 4 heteroatoms. The lowest BCUT2D eigenvalue weighted by atomic mass is 9.96. The van der Waals surface area contributed by atoms with Gasteiger partial charge in [-0.25, -0.2) is 4.98 Å². The first-order chi connectivity index (χ1) is 8.25. The fourth-order valence-corrected chi connectivity index (χ4v) is 2.44. The van der Waals surface area contributed by atoms with Crippen molar-refractivity contribution in [1.82, 2.24) is 19.8 Å². The number of hydrogen-bond donors (Lipinski definition) is 1. The Bertz CT molecular complexity index is 328. The number of aromatic nitrogens is 2. The van der Waals surface area contributed by atoms with Crippen molar-refractivity contribution >= 4 is 0 Å². The van der Waals surface area contributed by atoms with Crippen molar-refractivity contribution in [2.45, 2.75) is 25.8 Å². The van der Waals surface area contributed by atoms with E-state index < -0.39 is 0 Å². The minimum atomic E-state index is 0.868. The van der Waals surface area contributed by atoms with Gasteiger partial charge in [0.15, 0.2) is 0 Å². The number of nitrogens with zero attached hydrogens (tertiary/aromatic N) is 3. The molecule has 0 aliphatic carbocycles. The summed E-state index contributed by atoms with van der Waals surface area (Å²) in [7, 11) is 4.24. The summed E-state index contributed by atoms with van der Waals surface area (Å²) in [6.07, 6.45) is 7.91. The van der Waals surface area contributed by atoms with E-state index in [-0.39, 0.29) is 0 Å². The highest BCUT2D eigenvalue weighted by Crippen LogP contribution is 2.14. The molecular formula is C13H24N4. The summed E-state index contributed by atoms with van der Waals surface area (Å²) in [6, 6.07) is 0. The fourth-order valence-electron chi connectivity index (χ4n) is 2.44. The van der Waals surface area contributed by atoms with Gasteiger partial charge in [-0.1, -0.05) is 0 Å². The van der Waals surface area contributed by atoms with Crippen LogP contribution in [0.15, 0.2) is 12.4 Å². The molecular weight excluding hydrogens is 212 g/mol. The molecule has 4 nitrogen and oxygen atoms in total. The van der Waals surface area contributed by atoms with E-state index in [1.165, 1.54) is 38.9 Å². The third-order valence-electron chi connectivity index (χ3n) is 3.65. The molecule has 2 heterocycles. The van der Waals surface area contributed by atoms with Gasteiger partial charge in [0.25, 0.3) is 0 Å². The highest BCUT2D eigenvalue weighted by molar-refractivity contribution is 4.90. The zero-order valence-corrected chi connectivity index (χ0v) is 11.0. The highest BCUT2D eigenvalue weighted by Gasteiger charge is 2.13. The van der Waals surface area contributed by atoms with E-state index in [1.54, 1.807) is 0 Å². The lowest BCUT2D eigenvalue weighted by molar-refractivity contribution is 0.262. The Morgan fingerprint density at radius 3 is 3.12 bits per heavy atom. The van der Waals surface area contributed by atoms with E-state index in [1.807, 2.05) is 12.4 Å². The number of aryl methyl sites for hydroxylation is 1. The summed E-state index contributed by atoms with van der Waals surface area (Å²) in [5.74, 6) is 2.02. The Morgan fingerprint density at radius 1 is 1.59 bits per heavy atom. The van der Waals surface area contributed by atoms with Gasteiger partial charge in [-0.05, 0) is 51.9 Å². The van der Waals surface area contributed by atoms with Gasteiger partial charge in [-0.15, -0.1) is 0 Å². The molecule has 0 aromatic carbocycles. The molecule has 1 saturated heterocycles. The average Bonchev–Trinajstić information content (AvgIpc) is 2.74. The molecule has 1 aromatic heterocycles. The second-order valence-corrected chi connectivity index (χ2v) is 5.19. The lowest BCUT2D eigenvalue weighted by Gasteiger charge is -2.25. The molecule has 1 aliphatic heterocycles. The number of imidazole rings is 1. The van der Waals surface area contributed by atoms with Crippen LogP contribution in [0.1, 0.15) is 25.1 Å². The van der Waals surface area contributed by atoms with E-state index in [0.717, 1.165) is 18.3 Å². The monoisotopic (exact) mass is 236 g/mol. The zero-order chi connectivity index (χ0) is 12.1. The average molecular weight is 236 g/mol. The Hall–Kier alpha value is -0.870. The van der Waals surface area contributed by atoms with Crippen molar-refractivity contribution in [3.8, 4) is 0 Å². The largest absolute Gasteiger partial charge is 0.337 e. The van der Waals surface area contributed by atoms with E-state index in [9.17, 15) is 0 Å². The van der Waals surface area contributed by atoms with E-state index in [4.69, 9.17) is 0 Å². The molecule has 0 radical (unpaired) electrons. The quantitative estimate of drug-likeness (QED) is 0.835. The second-order valence-electron chi connectivity index (χ2n) is 5.19. The highest BCUT2D eigenvalue weighted by atomic mass is 15.1. The predicted octanol–water partition coefficient (Wildman–Crippen LogP) is 1.24.